The SMILES string of the molecule is CCN(C(=O)c1cc([N+](=O)[O-])cnc1Cl)C1CC1. The van der Waals surface area contributed by atoms with Crippen molar-refractivity contribution in [2.75, 3.05) is 6.54 Å². The van der Waals surface area contributed by atoms with Gasteiger partial charge in [0.2, 0.25) is 0 Å². The fraction of sp³-hybridized carbons (Fsp3) is 0.455. The van der Waals surface area contributed by atoms with Crippen molar-refractivity contribution in [1.82, 2.24) is 9.88 Å². The van der Waals surface area contributed by atoms with E-state index in [-0.39, 0.29) is 28.4 Å². The van der Waals surface area contributed by atoms with E-state index in [4.69, 9.17) is 11.6 Å². The molecule has 1 aliphatic rings. The van der Waals surface area contributed by atoms with E-state index in [1.807, 2.05) is 6.92 Å². The van der Waals surface area contributed by atoms with E-state index in [9.17, 15) is 14.9 Å². The molecule has 1 aromatic heterocycles. The quantitative estimate of drug-likeness (QED) is 0.477. The van der Waals surface area contributed by atoms with Crippen LogP contribution in [0.2, 0.25) is 5.15 Å². The zero-order valence-corrected chi connectivity index (χ0v) is 10.6. The fourth-order valence-corrected chi connectivity index (χ4v) is 1.98. The van der Waals surface area contributed by atoms with Gasteiger partial charge in [0.15, 0.2) is 0 Å². The van der Waals surface area contributed by atoms with Crippen LogP contribution in [0, 0.1) is 10.1 Å². The second kappa shape index (κ2) is 4.89. The normalized spacial score (nSPS) is 14.3. The highest BCUT2D eigenvalue weighted by atomic mass is 35.5. The van der Waals surface area contributed by atoms with Gasteiger partial charge in [-0.05, 0) is 19.8 Å². The van der Waals surface area contributed by atoms with Crippen LogP contribution in [0.5, 0.6) is 0 Å². The van der Waals surface area contributed by atoms with Crippen molar-refractivity contribution in [3.05, 3.63) is 33.1 Å². The Labute approximate surface area is 109 Å². The van der Waals surface area contributed by atoms with Gasteiger partial charge in [-0.3, -0.25) is 14.9 Å². The molecule has 1 heterocycles. The molecule has 0 unspecified atom stereocenters. The molecule has 96 valence electrons. The summed E-state index contributed by atoms with van der Waals surface area (Å²) < 4.78 is 0. The van der Waals surface area contributed by atoms with Crippen LogP contribution >= 0.6 is 11.6 Å². The van der Waals surface area contributed by atoms with Crippen molar-refractivity contribution in [2.24, 2.45) is 0 Å². The predicted octanol–water partition coefficient (Wildman–Crippen LogP) is 2.27. The Bertz CT molecular complexity index is 502. The molecule has 0 aliphatic heterocycles. The highest BCUT2D eigenvalue weighted by Crippen LogP contribution is 2.29. The Hall–Kier alpha value is -1.69. The van der Waals surface area contributed by atoms with E-state index >= 15 is 0 Å². The van der Waals surface area contributed by atoms with Crippen molar-refractivity contribution < 1.29 is 9.72 Å². The van der Waals surface area contributed by atoms with Crippen molar-refractivity contribution in [3.8, 4) is 0 Å². The summed E-state index contributed by atoms with van der Waals surface area (Å²) >= 11 is 5.84. The van der Waals surface area contributed by atoms with Crippen molar-refractivity contribution >= 4 is 23.2 Å². The van der Waals surface area contributed by atoms with Crippen LogP contribution < -0.4 is 0 Å². The average Bonchev–Trinajstić information content (AvgIpc) is 3.14. The molecule has 0 bridgehead atoms. The van der Waals surface area contributed by atoms with Gasteiger partial charge in [0.05, 0.1) is 10.5 Å². The average molecular weight is 270 g/mol. The summed E-state index contributed by atoms with van der Waals surface area (Å²) in [6.07, 6.45) is 2.99. The molecule has 1 saturated carbocycles. The fourth-order valence-electron chi connectivity index (χ4n) is 1.80. The minimum atomic E-state index is -0.590. The molecular weight excluding hydrogens is 258 g/mol. The summed E-state index contributed by atoms with van der Waals surface area (Å²) in [6, 6.07) is 1.42. The van der Waals surface area contributed by atoms with Crippen molar-refractivity contribution in [3.63, 3.8) is 0 Å². The number of aromatic nitrogens is 1. The van der Waals surface area contributed by atoms with Crippen LogP contribution in [0.1, 0.15) is 30.1 Å². The maximum Gasteiger partial charge on any atom is 0.288 e. The van der Waals surface area contributed by atoms with Crippen LogP contribution in [-0.4, -0.2) is 33.3 Å². The third kappa shape index (κ3) is 2.43. The number of pyridine rings is 1. The molecule has 0 saturated heterocycles. The number of carbonyl (C=O) groups is 1. The Morgan fingerprint density at radius 2 is 2.33 bits per heavy atom. The van der Waals surface area contributed by atoms with E-state index < -0.39 is 4.92 Å². The molecular formula is C11H12ClN3O3. The van der Waals surface area contributed by atoms with Gasteiger partial charge < -0.3 is 4.90 Å². The second-order valence-electron chi connectivity index (χ2n) is 4.11. The first-order chi connectivity index (χ1) is 8.54. The molecule has 18 heavy (non-hydrogen) atoms. The number of halogens is 1. The lowest BCUT2D eigenvalue weighted by molar-refractivity contribution is -0.385. The standard InChI is InChI=1S/C11H12ClN3O3/c1-2-14(7-3-4-7)11(16)9-5-8(15(17)18)6-13-10(9)12/h5-7H,2-4H2,1H3. The summed E-state index contributed by atoms with van der Waals surface area (Å²) in [7, 11) is 0. The number of amides is 1. The third-order valence-electron chi connectivity index (χ3n) is 2.86. The van der Waals surface area contributed by atoms with E-state index in [0.717, 1.165) is 19.0 Å². The first kappa shape index (κ1) is 12.8. The number of rotatable bonds is 4. The molecule has 1 aliphatic carbocycles. The highest BCUT2D eigenvalue weighted by molar-refractivity contribution is 6.32. The van der Waals surface area contributed by atoms with Gasteiger partial charge in [-0.15, -0.1) is 0 Å². The molecule has 0 radical (unpaired) electrons. The molecule has 1 fully saturated rings. The lowest BCUT2D eigenvalue weighted by Crippen LogP contribution is -2.33. The largest absolute Gasteiger partial charge is 0.336 e. The van der Waals surface area contributed by atoms with Crippen LogP contribution in [-0.2, 0) is 0 Å². The molecule has 2 rings (SSSR count). The van der Waals surface area contributed by atoms with Crippen LogP contribution in [0.4, 0.5) is 5.69 Å². The van der Waals surface area contributed by atoms with E-state index in [1.165, 1.54) is 6.07 Å². The monoisotopic (exact) mass is 269 g/mol. The van der Waals surface area contributed by atoms with E-state index in [0.29, 0.717) is 6.54 Å². The Morgan fingerprint density at radius 3 is 2.83 bits per heavy atom. The lowest BCUT2D eigenvalue weighted by Gasteiger charge is -2.20. The lowest BCUT2D eigenvalue weighted by atomic mass is 10.2. The number of nitro groups is 1. The Kier molecular flexibility index (Phi) is 3.47. The van der Waals surface area contributed by atoms with Gasteiger partial charge in [-0.1, -0.05) is 11.6 Å². The van der Waals surface area contributed by atoms with Gasteiger partial charge in [-0.25, -0.2) is 4.98 Å². The predicted molar refractivity (Wildman–Crippen MR) is 65.6 cm³/mol. The summed E-state index contributed by atoms with van der Waals surface area (Å²) in [5.74, 6) is -0.291. The first-order valence-electron chi connectivity index (χ1n) is 5.65. The number of nitrogens with zero attached hydrogens (tertiary/aromatic N) is 3. The van der Waals surface area contributed by atoms with Crippen LogP contribution in [0.3, 0.4) is 0 Å². The molecule has 7 heteroatoms. The summed E-state index contributed by atoms with van der Waals surface area (Å²) in [5, 5.41) is 10.7. The van der Waals surface area contributed by atoms with Gasteiger partial charge >= 0.3 is 0 Å². The molecule has 1 aromatic rings. The Balaban J connectivity index is 2.33. The summed E-state index contributed by atoms with van der Waals surface area (Å²) in [4.78, 5) is 27.7. The zero-order chi connectivity index (χ0) is 13.3. The first-order valence-corrected chi connectivity index (χ1v) is 6.03. The van der Waals surface area contributed by atoms with E-state index in [2.05, 4.69) is 4.98 Å². The van der Waals surface area contributed by atoms with Gasteiger partial charge in [-0.2, -0.15) is 0 Å². The zero-order valence-electron chi connectivity index (χ0n) is 9.80. The highest BCUT2D eigenvalue weighted by Gasteiger charge is 2.33. The number of hydrogen-bond donors (Lipinski definition) is 0. The third-order valence-corrected chi connectivity index (χ3v) is 3.16. The molecule has 1 amide bonds. The van der Waals surface area contributed by atoms with Gasteiger partial charge in [0.25, 0.3) is 11.6 Å². The van der Waals surface area contributed by atoms with Gasteiger partial charge in [0.1, 0.15) is 11.3 Å². The number of carbonyl (C=O) groups excluding carboxylic acids is 1. The van der Waals surface area contributed by atoms with Crippen molar-refractivity contribution in [1.29, 1.82) is 0 Å². The molecule has 0 aromatic carbocycles. The number of hydrogen-bond acceptors (Lipinski definition) is 4. The minimum Gasteiger partial charge on any atom is -0.336 e. The van der Waals surface area contributed by atoms with Crippen LogP contribution in [0.25, 0.3) is 0 Å². The van der Waals surface area contributed by atoms with Gasteiger partial charge in [0, 0.05) is 18.7 Å². The minimum absolute atomic E-state index is 0.00435. The topological polar surface area (TPSA) is 76.3 Å². The van der Waals surface area contributed by atoms with E-state index in [1.54, 1.807) is 4.90 Å². The molecule has 6 nitrogen and oxygen atoms in total. The molecule has 0 N–H and O–H groups in total. The maximum atomic E-state index is 12.2. The molecule has 0 spiro atoms. The van der Waals surface area contributed by atoms with Crippen LogP contribution in [0.15, 0.2) is 12.3 Å². The molecule has 0 atom stereocenters. The summed E-state index contributed by atoms with van der Waals surface area (Å²) in [6.45, 7) is 2.43. The van der Waals surface area contributed by atoms with Crippen molar-refractivity contribution in [2.45, 2.75) is 25.8 Å². The Morgan fingerprint density at radius 1 is 1.67 bits per heavy atom. The maximum absolute atomic E-state index is 12.2. The second-order valence-corrected chi connectivity index (χ2v) is 4.47. The smallest absolute Gasteiger partial charge is 0.288 e. The summed E-state index contributed by atoms with van der Waals surface area (Å²) in [5.41, 5.74) is -0.130.